The molecule has 104 valence electrons. The normalized spacial score (nSPS) is 28.7. The lowest BCUT2D eigenvalue weighted by Gasteiger charge is -2.23. The minimum absolute atomic E-state index is 0.759. The number of hydrogen-bond donors (Lipinski definition) is 1. The van der Waals surface area contributed by atoms with E-state index < -0.39 is 0 Å². The van der Waals surface area contributed by atoms with E-state index in [9.17, 15) is 0 Å². The lowest BCUT2D eigenvalue weighted by molar-refractivity contribution is 0.376. The average Bonchev–Trinajstić information content (AvgIpc) is 2.87. The van der Waals surface area contributed by atoms with Crippen LogP contribution < -0.4 is 5.32 Å². The van der Waals surface area contributed by atoms with Gasteiger partial charge in [-0.2, -0.15) is 0 Å². The highest BCUT2D eigenvalue weighted by molar-refractivity contribution is 5.28. The standard InChI is InChI=1S/C17H26N2/c1-19-9-7-17(13-19)16-6-2-4-14(11-16)10-15-5-3-8-18-12-15/h2,4,6,11,15,17-18H,3,5,7-10,12-13H2,1H3. The fourth-order valence-corrected chi connectivity index (χ4v) is 3.61. The first-order chi connectivity index (χ1) is 9.31. The van der Waals surface area contributed by atoms with Crippen molar-refractivity contribution in [2.45, 2.75) is 31.6 Å². The SMILES string of the molecule is CN1CCC(c2cccc(CC3CCCNC3)c2)C1. The molecule has 1 N–H and O–H groups in total. The summed E-state index contributed by atoms with van der Waals surface area (Å²) in [6.07, 6.45) is 5.31. The average molecular weight is 258 g/mol. The van der Waals surface area contributed by atoms with Crippen LogP contribution in [0, 0.1) is 5.92 Å². The Morgan fingerprint density at radius 3 is 3.00 bits per heavy atom. The second kappa shape index (κ2) is 6.06. The van der Waals surface area contributed by atoms with Gasteiger partial charge in [0.1, 0.15) is 0 Å². The van der Waals surface area contributed by atoms with Crippen molar-refractivity contribution in [1.29, 1.82) is 0 Å². The van der Waals surface area contributed by atoms with Crippen LogP contribution in [-0.2, 0) is 6.42 Å². The van der Waals surface area contributed by atoms with Gasteiger partial charge in [0.2, 0.25) is 0 Å². The number of likely N-dealkylation sites (tertiary alicyclic amines) is 1. The number of piperidine rings is 1. The van der Waals surface area contributed by atoms with Gasteiger partial charge in [-0.3, -0.25) is 0 Å². The predicted octanol–water partition coefficient (Wildman–Crippen LogP) is 2.65. The number of rotatable bonds is 3. The van der Waals surface area contributed by atoms with Crippen molar-refractivity contribution in [3.8, 4) is 0 Å². The highest BCUT2D eigenvalue weighted by Gasteiger charge is 2.21. The number of benzene rings is 1. The molecule has 0 aliphatic carbocycles. The Morgan fingerprint density at radius 2 is 2.26 bits per heavy atom. The van der Waals surface area contributed by atoms with Gasteiger partial charge in [0.05, 0.1) is 0 Å². The number of hydrogen-bond acceptors (Lipinski definition) is 2. The van der Waals surface area contributed by atoms with E-state index in [4.69, 9.17) is 0 Å². The molecule has 0 bridgehead atoms. The quantitative estimate of drug-likeness (QED) is 0.896. The molecule has 2 heterocycles. The van der Waals surface area contributed by atoms with Gasteiger partial charge < -0.3 is 10.2 Å². The molecule has 2 atom stereocenters. The lowest BCUT2D eigenvalue weighted by Crippen LogP contribution is -2.30. The van der Waals surface area contributed by atoms with Crippen LogP contribution in [0.2, 0.25) is 0 Å². The van der Waals surface area contributed by atoms with Crippen molar-refractivity contribution >= 4 is 0 Å². The summed E-state index contributed by atoms with van der Waals surface area (Å²) in [5.74, 6) is 1.60. The molecule has 19 heavy (non-hydrogen) atoms. The number of nitrogens with one attached hydrogen (secondary N) is 1. The van der Waals surface area contributed by atoms with Crippen LogP contribution in [0.4, 0.5) is 0 Å². The smallest absolute Gasteiger partial charge is 0.00477 e. The topological polar surface area (TPSA) is 15.3 Å². The molecule has 0 spiro atoms. The maximum absolute atomic E-state index is 3.52. The molecule has 2 nitrogen and oxygen atoms in total. The molecule has 2 heteroatoms. The van der Waals surface area contributed by atoms with Crippen molar-refractivity contribution in [3.05, 3.63) is 35.4 Å². The highest BCUT2D eigenvalue weighted by Crippen LogP contribution is 2.27. The third-order valence-electron chi connectivity index (χ3n) is 4.74. The van der Waals surface area contributed by atoms with Crippen molar-refractivity contribution < 1.29 is 0 Å². The van der Waals surface area contributed by atoms with Crippen molar-refractivity contribution in [3.63, 3.8) is 0 Å². The van der Waals surface area contributed by atoms with E-state index in [1.54, 1.807) is 11.1 Å². The van der Waals surface area contributed by atoms with Crippen molar-refractivity contribution in [2.24, 2.45) is 5.92 Å². The first kappa shape index (κ1) is 13.1. The minimum atomic E-state index is 0.759. The third-order valence-corrected chi connectivity index (χ3v) is 4.74. The van der Waals surface area contributed by atoms with Crippen molar-refractivity contribution in [1.82, 2.24) is 10.2 Å². The predicted molar refractivity (Wildman–Crippen MR) is 80.6 cm³/mol. The molecule has 2 aliphatic rings. The lowest BCUT2D eigenvalue weighted by atomic mass is 9.90. The summed E-state index contributed by atoms with van der Waals surface area (Å²) in [6, 6.07) is 9.38. The maximum Gasteiger partial charge on any atom is 0.00477 e. The molecule has 2 fully saturated rings. The Bertz CT molecular complexity index is 409. The van der Waals surface area contributed by atoms with Gasteiger partial charge in [-0.1, -0.05) is 24.3 Å². The van der Waals surface area contributed by atoms with Gasteiger partial charge in [-0.15, -0.1) is 0 Å². The summed E-state index contributed by atoms with van der Waals surface area (Å²) in [7, 11) is 2.23. The van der Waals surface area contributed by atoms with Gasteiger partial charge in [0, 0.05) is 6.54 Å². The second-order valence-corrected chi connectivity index (χ2v) is 6.41. The van der Waals surface area contributed by atoms with Crippen LogP contribution >= 0.6 is 0 Å². The Labute approximate surface area is 117 Å². The summed E-state index contributed by atoms with van der Waals surface area (Å²) < 4.78 is 0. The fourth-order valence-electron chi connectivity index (χ4n) is 3.61. The summed E-state index contributed by atoms with van der Waals surface area (Å²) in [6.45, 7) is 4.90. The zero-order valence-electron chi connectivity index (χ0n) is 12.1. The minimum Gasteiger partial charge on any atom is -0.316 e. The molecule has 0 radical (unpaired) electrons. The van der Waals surface area contributed by atoms with Crippen LogP contribution in [-0.4, -0.2) is 38.1 Å². The van der Waals surface area contributed by atoms with E-state index in [-0.39, 0.29) is 0 Å². The zero-order chi connectivity index (χ0) is 13.1. The van der Waals surface area contributed by atoms with Crippen LogP contribution in [0.15, 0.2) is 24.3 Å². The molecule has 2 aliphatic heterocycles. The van der Waals surface area contributed by atoms with Crippen LogP contribution in [0.5, 0.6) is 0 Å². The molecule has 0 aromatic heterocycles. The van der Waals surface area contributed by atoms with Gasteiger partial charge in [0.15, 0.2) is 0 Å². The van der Waals surface area contributed by atoms with Crippen molar-refractivity contribution in [2.75, 3.05) is 33.2 Å². The Balaban J connectivity index is 1.65. The summed E-state index contributed by atoms with van der Waals surface area (Å²) in [5.41, 5.74) is 3.10. The Hall–Kier alpha value is -0.860. The van der Waals surface area contributed by atoms with E-state index >= 15 is 0 Å². The van der Waals surface area contributed by atoms with Gasteiger partial charge >= 0.3 is 0 Å². The summed E-state index contributed by atoms with van der Waals surface area (Å²) in [5, 5.41) is 3.52. The van der Waals surface area contributed by atoms with E-state index in [1.807, 2.05) is 0 Å². The number of nitrogens with zero attached hydrogens (tertiary/aromatic N) is 1. The molecular weight excluding hydrogens is 232 g/mol. The molecule has 2 saturated heterocycles. The molecule has 2 unspecified atom stereocenters. The number of likely N-dealkylation sites (N-methyl/N-ethyl adjacent to an activating group) is 1. The second-order valence-electron chi connectivity index (χ2n) is 6.41. The third kappa shape index (κ3) is 3.37. The first-order valence-electron chi connectivity index (χ1n) is 7.79. The van der Waals surface area contributed by atoms with Gasteiger partial charge in [-0.25, -0.2) is 0 Å². The van der Waals surface area contributed by atoms with Gasteiger partial charge in [0.25, 0.3) is 0 Å². The van der Waals surface area contributed by atoms with Crippen LogP contribution in [0.3, 0.4) is 0 Å². The fraction of sp³-hybridized carbons (Fsp3) is 0.647. The first-order valence-corrected chi connectivity index (χ1v) is 7.79. The Morgan fingerprint density at radius 1 is 1.32 bits per heavy atom. The maximum atomic E-state index is 3.52. The molecule has 1 aromatic rings. The van der Waals surface area contributed by atoms with E-state index in [0.717, 1.165) is 11.8 Å². The van der Waals surface area contributed by atoms with E-state index in [0.29, 0.717) is 0 Å². The zero-order valence-corrected chi connectivity index (χ0v) is 12.1. The van der Waals surface area contributed by atoms with Gasteiger partial charge in [-0.05, 0) is 75.3 Å². The Kier molecular flexibility index (Phi) is 4.19. The van der Waals surface area contributed by atoms with E-state index in [1.165, 1.54) is 51.9 Å². The molecule has 0 saturated carbocycles. The molecule has 0 amide bonds. The largest absolute Gasteiger partial charge is 0.316 e. The van der Waals surface area contributed by atoms with E-state index in [2.05, 4.69) is 41.5 Å². The van der Waals surface area contributed by atoms with Crippen LogP contribution in [0.1, 0.15) is 36.3 Å². The molecular formula is C17H26N2. The summed E-state index contributed by atoms with van der Waals surface area (Å²) in [4.78, 5) is 2.45. The van der Waals surface area contributed by atoms with Crippen LogP contribution in [0.25, 0.3) is 0 Å². The molecule has 3 rings (SSSR count). The summed E-state index contributed by atoms with van der Waals surface area (Å²) >= 11 is 0. The monoisotopic (exact) mass is 258 g/mol. The highest BCUT2D eigenvalue weighted by atomic mass is 15.1. The molecule has 1 aromatic carbocycles.